The average Bonchev–Trinajstić information content (AvgIpc) is 2.95. The van der Waals surface area contributed by atoms with Crippen LogP contribution in [-0.4, -0.2) is 19.5 Å². The summed E-state index contributed by atoms with van der Waals surface area (Å²) in [7, 11) is 0. The third kappa shape index (κ3) is 30.2. The van der Waals surface area contributed by atoms with Gasteiger partial charge >= 0.3 is 57.6 Å². The molecule has 0 saturated heterocycles. The maximum absolute atomic E-state index is 11.2. The third-order valence-electron chi connectivity index (χ3n) is 7.68. The minimum atomic E-state index is -11.2. The molecule has 2 aromatic rings. The molecule has 0 fully saturated rings. The van der Waals surface area contributed by atoms with E-state index in [1.807, 2.05) is 0 Å². The Kier molecular flexibility index (Phi) is 21.0. The van der Waals surface area contributed by atoms with Gasteiger partial charge in [-0.25, -0.2) is 0 Å². The number of hydrogen-bond donors (Lipinski definition) is 0. The summed E-state index contributed by atoms with van der Waals surface area (Å²) in [6, 6.07) is 19.2. The van der Waals surface area contributed by atoms with Crippen LogP contribution in [0.15, 0.2) is 48.5 Å². The molecule has 256 valence electrons. The Morgan fingerprint density at radius 3 is 0.864 bits per heavy atom. The van der Waals surface area contributed by atoms with Crippen LogP contribution in [0.25, 0.3) is 0 Å². The molecule has 8 heteroatoms. The predicted octanol–water partition coefficient (Wildman–Crippen LogP) is 10.9. The molecule has 0 aromatic heterocycles. The van der Waals surface area contributed by atoms with Crippen LogP contribution < -0.4 is 21.2 Å². The molecule has 0 unspecified atom stereocenters. The molecule has 0 nitrogen and oxygen atoms in total. The molecule has 0 aliphatic carbocycles. The fourth-order valence-corrected chi connectivity index (χ4v) is 7.34. The standard InChI is InChI=1S/C36H58I.6FH.Sb/c1-3-5-7-9-11-13-15-17-19-21-23-33-25-29-35(30-26-33)37-36-31-27-34(28-32-36)24-22-20-18-16-14-12-10-8-6-4-2;;;;;;;/h25-32H,3-24H2,1-2H3;6*1H;/q+1;;;;;;;+5/p-6. The maximum atomic E-state index is 9.93. The summed E-state index contributed by atoms with van der Waals surface area (Å²) in [5.74, 6) is 0. The van der Waals surface area contributed by atoms with Crippen molar-refractivity contribution in [3.05, 3.63) is 66.8 Å². The molecule has 44 heavy (non-hydrogen) atoms. The van der Waals surface area contributed by atoms with Crippen molar-refractivity contribution in [1.29, 1.82) is 0 Å². The van der Waals surface area contributed by atoms with Gasteiger partial charge in [0.05, 0.1) is 0 Å². The molecule has 2 aromatic carbocycles. The Hall–Kier alpha value is -0.432. The molecule has 0 spiro atoms. The Morgan fingerprint density at radius 1 is 0.386 bits per heavy atom. The summed E-state index contributed by atoms with van der Waals surface area (Å²) in [6.45, 7) is 4.60. The molecule has 0 bridgehead atoms. The summed E-state index contributed by atoms with van der Waals surface area (Å²) >= 11 is -11.3. The first kappa shape index (κ1) is 41.6. The molecule has 0 aliphatic heterocycles. The van der Waals surface area contributed by atoms with Gasteiger partial charge in [0.1, 0.15) is 0 Å². The molecule has 0 atom stereocenters. The van der Waals surface area contributed by atoms with Gasteiger partial charge in [-0.15, -0.1) is 0 Å². The topological polar surface area (TPSA) is 0 Å². The Bertz CT molecular complexity index is 883. The Balaban J connectivity index is 0.00000123. The fourth-order valence-electron chi connectivity index (χ4n) is 5.19. The van der Waals surface area contributed by atoms with Crippen molar-refractivity contribution in [3.8, 4) is 0 Å². The van der Waals surface area contributed by atoms with E-state index in [-0.39, 0.29) is 21.2 Å². The molecule has 0 radical (unpaired) electrons. The van der Waals surface area contributed by atoms with E-state index >= 15 is 0 Å². The van der Waals surface area contributed by atoms with Crippen molar-refractivity contribution in [2.75, 3.05) is 0 Å². The van der Waals surface area contributed by atoms with E-state index in [0.717, 1.165) is 0 Å². The summed E-state index contributed by atoms with van der Waals surface area (Å²) in [4.78, 5) is 0. The molecular formula is C36H58F6ISb. The molecule has 0 N–H and O–H groups in total. The Labute approximate surface area is 277 Å². The van der Waals surface area contributed by atoms with Crippen LogP contribution in [0.3, 0.4) is 0 Å². The number of rotatable bonds is 24. The van der Waals surface area contributed by atoms with E-state index in [2.05, 4.69) is 62.4 Å². The van der Waals surface area contributed by atoms with Crippen molar-refractivity contribution in [2.45, 2.75) is 155 Å². The van der Waals surface area contributed by atoms with E-state index in [9.17, 15) is 16.9 Å². The van der Waals surface area contributed by atoms with Gasteiger partial charge in [0, 0.05) is 0 Å². The first-order chi connectivity index (χ1) is 20.8. The van der Waals surface area contributed by atoms with Gasteiger partial charge in [-0.05, 0) is 61.1 Å². The van der Waals surface area contributed by atoms with Crippen molar-refractivity contribution in [2.24, 2.45) is 0 Å². The molecule has 0 saturated carbocycles. The van der Waals surface area contributed by atoms with Gasteiger partial charge in [-0.1, -0.05) is 154 Å². The van der Waals surface area contributed by atoms with Gasteiger partial charge in [-0.3, -0.25) is 0 Å². The third-order valence-corrected chi connectivity index (χ3v) is 10.4. The zero-order valence-electron chi connectivity index (χ0n) is 27.3. The van der Waals surface area contributed by atoms with Gasteiger partial charge in [0.15, 0.2) is 7.14 Å². The average molecular weight is 854 g/mol. The second kappa shape index (κ2) is 22.2. The molecule has 0 aliphatic rings. The summed E-state index contributed by atoms with van der Waals surface area (Å²) in [5, 5.41) is 0. The van der Waals surface area contributed by atoms with Gasteiger partial charge in [0.25, 0.3) is 0 Å². The van der Waals surface area contributed by atoms with E-state index in [0.29, 0.717) is 0 Å². The van der Waals surface area contributed by atoms with Crippen LogP contribution in [0.4, 0.5) is 16.9 Å². The number of hydrogen-bond acceptors (Lipinski definition) is 0. The second-order valence-corrected chi connectivity index (χ2v) is 20.7. The van der Waals surface area contributed by atoms with Crippen LogP contribution in [0.1, 0.15) is 153 Å². The van der Waals surface area contributed by atoms with E-state index in [1.165, 1.54) is 152 Å². The summed E-state index contributed by atoms with van der Waals surface area (Å²) < 4.78 is 62.6. The number of halogens is 7. The molecular weight excluding hydrogens is 795 g/mol. The molecule has 0 heterocycles. The predicted molar refractivity (Wildman–Crippen MR) is 174 cm³/mol. The van der Waals surface area contributed by atoms with Crippen LogP contribution in [0.5, 0.6) is 0 Å². The van der Waals surface area contributed by atoms with E-state index < -0.39 is 19.5 Å². The van der Waals surface area contributed by atoms with Gasteiger partial charge in [0.2, 0.25) is 0 Å². The molecule has 0 amide bonds. The quantitative estimate of drug-likeness (QED) is 0.0427. The monoisotopic (exact) mass is 852 g/mol. The second-order valence-electron chi connectivity index (χ2n) is 12.2. The van der Waals surface area contributed by atoms with Gasteiger partial charge < -0.3 is 0 Å². The number of unbranched alkanes of at least 4 members (excludes halogenated alkanes) is 18. The van der Waals surface area contributed by atoms with E-state index in [1.54, 1.807) is 7.14 Å². The fraction of sp³-hybridized carbons (Fsp3) is 0.667. The normalized spacial score (nSPS) is 13.2. The van der Waals surface area contributed by atoms with Gasteiger partial charge in [-0.2, -0.15) is 0 Å². The van der Waals surface area contributed by atoms with Crippen molar-refractivity contribution in [1.82, 2.24) is 0 Å². The number of benzene rings is 2. The Morgan fingerprint density at radius 2 is 0.614 bits per heavy atom. The first-order valence-electron chi connectivity index (χ1n) is 17.2. The minimum absolute atomic E-state index is 0.0574. The SMILES string of the molecule is CCCCCCCCCCCCc1ccc([I+]c2ccc(CCCCCCCCCCCC)cc2)cc1.[F][Sb-]([F])([F])([F])([F])[F]. The zero-order valence-corrected chi connectivity index (χ0v) is 32.0. The van der Waals surface area contributed by atoms with Crippen molar-refractivity contribution in [3.63, 3.8) is 0 Å². The summed E-state index contributed by atoms with van der Waals surface area (Å²) in [5.41, 5.74) is 3.05. The van der Waals surface area contributed by atoms with Crippen molar-refractivity contribution >= 4 is 19.5 Å². The van der Waals surface area contributed by atoms with Crippen LogP contribution in [0, 0.1) is 7.14 Å². The number of aryl methyl sites for hydroxylation is 2. The van der Waals surface area contributed by atoms with E-state index in [4.69, 9.17) is 0 Å². The first-order valence-corrected chi connectivity index (χ1v) is 25.1. The van der Waals surface area contributed by atoms with Crippen LogP contribution >= 0.6 is 0 Å². The van der Waals surface area contributed by atoms with Crippen molar-refractivity contribution < 1.29 is 38.1 Å². The van der Waals surface area contributed by atoms with Crippen LogP contribution in [0.2, 0.25) is 0 Å². The zero-order chi connectivity index (χ0) is 32.6. The van der Waals surface area contributed by atoms with Crippen LogP contribution in [-0.2, 0) is 12.8 Å². The molecule has 2 rings (SSSR count). The summed E-state index contributed by atoms with van der Waals surface area (Å²) in [6.07, 6.45) is 30.9.